The summed E-state index contributed by atoms with van der Waals surface area (Å²) in [4.78, 5) is 0. The lowest BCUT2D eigenvalue weighted by atomic mass is 10.0. The molecule has 0 fully saturated rings. The molecule has 2 aromatic carbocycles. The summed E-state index contributed by atoms with van der Waals surface area (Å²) in [6.07, 6.45) is 2.98. The maximum absolute atomic E-state index is 8.78. The van der Waals surface area contributed by atoms with Gasteiger partial charge in [-0.25, -0.2) is 0 Å². The summed E-state index contributed by atoms with van der Waals surface area (Å²) in [5, 5.41) is 8.78. The molecule has 0 saturated heterocycles. The molecule has 0 spiro atoms. The number of hydrogen-bond donors (Lipinski definition) is 1. The van der Waals surface area contributed by atoms with Crippen LogP contribution < -0.4 is 0 Å². The van der Waals surface area contributed by atoms with Crippen LogP contribution >= 0.6 is 0 Å². The molecular weight excluding hydrogens is 208 g/mol. The van der Waals surface area contributed by atoms with Gasteiger partial charge in [0.1, 0.15) is 0 Å². The third kappa shape index (κ3) is 3.43. The molecule has 2 rings (SSSR count). The molecule has 0 atom stereocenters. The zero-order valence-corrected chi connectivity index (χ0v) is 9.97. The Morgan fingerprint density at radius 3 is 2.29 bits per heavy atom. The molecule has 17 heavy (non-hydrogen) atoms. The molecule has 0 unspecified atom stereocenters. The summed E-state index contributed by atoms with van der Waals surface area (Å²) >= 11 is 0. The van der Waals surface area contributed by atoms with Crippen LogP contribution in [0.25, 0.3) is 11.1 Å². The van der Waals surface area contributed by atoms with Gasteiger partial charge in [-0.2, -0.15) is 0 Å². The van der Waals surface area contributed by atoms with E-state index in [0.29, 0.717) is 6.61 Å². The maximum Gasteiger partial charge on any atom is 0.0431 e. The van der Waals surface area contributed by atoms with Gasteiger partial charge in [0.15, 0.2) is 0 Å². The highest BCUT2D eigenvalue weighted by Crippen LogP contribution is 2.20. The SMILES string of the molecule is OCCCCc1cccc(-c2ccccc2)c1. The van der Waals surface area contributed by atoms with Crippen molar-refractivity contribution in [2.75, 3.05) is 6.61 Å². The third-order valence-electron chi connectivity index (χ3n) is 2.91. The number of hydrogen-bond acceptors (Lipinski definition) is 1. The molecule has 0 aliphatic heterocycles. The summed E-state index contributed by atoms with van der Waals surface area (Å²) in [6, 6.07) is 19.1. The van der Waals surface area contributed by atoms with E-state index in [1.54, 1.807) is 0 Å². The number of unbranched alkanes of at least 4 members (excludes halogenated alkanes) is 1. The maximum atomic E-state index is 8.78. The first-order valence-electron chi connectivity index (χ1n) is 6.15. The lowest BCUT2D eigenvalue weighted by Gasteiger charge is -2.05. The van der Waals surface area contributed by atoms with Gasteiger partial charge in [0.05, 0.1) is 0 Å². The van der Waals surface area contributed by atoms with Crippen molar-refractivity contribution in [2.24, 2.45) is 0 Å². The lowest BCUT2D eigenvalue weighted by molar-refractivity contribution is 0.284. The molecule has 88 valence electrons. The Hall–Kier alpha value is -1.60. The van der Waals surface area contributed by atoms with Crippen molar-refractivity contribution in [3.8, 4) is 11.1 Å². The van der Waals surface area contributed by atoms with Gasteiger partial charge in [-0.15, -0.1) is 0 Å². The van der Waals surface area contributed by atoms with Crippen molar-refractivity contribution in [3.63, 3.8) is 0 Å². The van der Waals surface area contributed by atoms with Gasteiger partial charge in [-0.05, 0) is 36.0 Å². The Labute approximate surface area is 103 Å². The molecule has 0 saturated carbocycles. The fraction of sp³-hybridized carbons (Fsp3) is 0.250. The fourth-order valence-corrected chi connectivity index (χ4v) is 1.98. The van der Waals surface area contributed by atoms with Crippen molar-refractivity contribution < 1.29 is 5.11 Å². The van der Waals surface area contributed by atoms with E-state index in [1.165, 1.54) is 16.7 Å². The van der Waals surface area contributed by atoms with Gasteiger partial charge in [0.25, 0.3) is 0 Å². The Balaban J connectivity index is 2.12. The molecule has 0 amide bonds. The second-order valence-corrected chi connectivity index (χ2v) is 4.25. The summed E-state index contributed by atoms with van der Waals surface area (Å²) in [7, 11) is 0. The Bertz CT molecular complexity index is 448. The van der Waals surface area contributed by atoms with Crippen molar-refractivity contribution in [2.45, 2.75) is 19.3 Å². The highest BCUT2D eigenvalue weighted by molar-refractivity contribution is 5.63. The first-order valence-corrected chi connectivity index (χ1v) is 6.15. The van der Waals surface area contributed by atoms with Crippen molar-refractivity contribution in [1.29, 1.82) is 0 Å². The van der Waals surface area contributed by atoms with Crippen LogP contribution in [0.5, 0.6) is 0 Å². The van der Waals surface area contributed by atoms with Crippen LogP contribution in [0.1, 0.15) is 18.4 Å². The van der Waals surface area contributed by atoms with Crippen LogP contribution in [0.2, 0.25) is 0 Å². The molecule has 0 aliphatic rings. The molecule has 2 aromatic rings. The highest BCUT2D eigenvalue weighted by atomic mass is 16.2. The molecule has 0 aliphatic carbocycles. The Morgan fingerprint density at radius 1 is 0.765 bits per heavy atom. The normalized spacial score (nSPS) is 10.4. The van der Waals surface area contributed by atoms with Crippen LogP contribution in [-0.4, -0.2) is 11.7 Å². The van der Waals surface area contributed by atoms with E-state index >= 15 is 0 Å². The molecule has 0 heterocycles. The van der Waals surface area contributed by atoms with Gasteiger partial charge in [0, 0.05) is 6.61 Å². The summed E-state index contributed by atoms with van der Waals surface area (Å²) in [5.41, 5.74) is 3.88. The van der Waals surface area contributed by atoms with Crippen LogP contribution in [0, 0.1) is 0 Å². The Morgan fingerprint density at radius 2 is 1.53 bits per heavy atom. The van der Waals surface area contributed by atoms with Crippen molar-refractivity contribution in [3.05, 3.63) is 60.2 Å². The Kier molecular flexibility index (Phi) is 4.34. The minimum absolute atomic E-state index is 0.290. The second-order valence-electron chi connectivity index (χ2n) is 4.25. The minimum atomic E-state index is 0.290. The fourth-order valence-electron chi connectivity index (χ4n) is 1.98. The predicted octanol–water partition coefficient (Wildman–Crippen LogP) is 3.67. The number of rotatable bonds is 5. The zero-order chi connectivity index (χ0) is 11.9. The van der Waals surface area contributed by atoms with E-state index in [9.17, 15) is 0 Å². The first-order chi connectivity index (χ1) is 8.40. The minimum Gasteiger partial charge on any atom is -0.396 e. The highest BCUT2D eigenvalue weighted by Gasteiger charge is 1.98. The second kappa shape index (κ2) is 6.21. The van der Waals surface area contributed by atoms with Crippen LogP contribution in [-0.2, 0) is 6.42 Å². The van der Waals surface area contributed by atoms with E-state index in [-0.39, 0.29) is 0 Å². The van der Waals surface area contributed by atoms with E-state index in [2.05, 4.69) is 48.5 Å². The van der Waals surface area contributed by atoms with Gasteiger partial charge in [-0.1, -0.05) is 54.6 Å². The topological polar surface area (TPSA) is 20.2 Å². The number of aryl methyl sites for hydroxylation is 1. The van der Waals surface area contributed by atoms with E-state index in [0.717, 1.165) is 19.3 Å². The molecule has 1 heteroatoms. The zero-order valence-electron chi connectivity index (χ0n) is 9.97. The number of benzene rings is 2. The molecule has 0 radical (unpaired) electrons. The van der Waals surface area contributed by atoms with Crippen molar-refractivity contribution in [1.82, 2.24) is 0 Å². The summed E-state index contributed by atoms with van der Waals surface area (Å²) in [5.74, 6) is 0. The van der Waals surface area contributed by atoms with Gasteiger partial charge >= 0.3 is 0 Å². The molecular formula is C16H18O. The molecule has 1 nitrogen and oxygen atoms in total. The summed E-state index contributed by atoms with van der Waals surface area (Å²) < 4.78 is 0. The van der Waals surface area contributed by atoms with Crippen LogP contribution in [0.15, 0.2) is 54.6 Å². The number of aliphatic hydroxyl groups is 1. The third-order valence-corrected chi connectivity index (χ3v) is 2.91. The monoisotopic (exact) mass is 226 g/mol. The van der Waals surface area contributed by atoms with Gasteiger partial charge in [0.2, 0.25) is 0 Å². The van der Waals surface area contributed by atoms with Gasteiger partial charge < -0.3 is 5.11 Å². The van der Waals surface area contributed by atoms with Crippen LogP contribution in [0.3, 0.4) is 0 Å². The van der Waals surface area contributed by atoms with E-state index in [1.807, 2.05) is 6.07 Å². The lowest BCUT2D eigenvalue weighted by Crippen LogP contribution is -1.89. The van der Waals surface area contributed by atoms with Crippen LogP contribution in [0.4, 0.5) is 0 Å². The van der Waals surface area contributed by atoms with Gasteiger partial charge in [-0.3, -0.25) is 0 Å². The van der Waals surface area contributed by atoms with E-state index < -0.39 is 0 Å². The average molecular weight is 226 g/mol. The molecule has 0 bridgehead atoms. The standard InChI is InChI=1S/C16H18O/c17-12-5-4-7-14-8-6-11-16(13-14)15-9-2-1-3-10-15/h1-3,6,8-11,13,17H,4-5,7,12H2. The average Bonchev–Trinajstić information content (AvgIpc) is 2.41. The molecule has 0 aromatic heterocycles. The molecule has 1 N–H and O–H groups in total. The quantitative estimate of drug-likeness (QED) is 0.771. The first kappa shape index (κ1) is 11.9. The number of aliphatic hydroxyl groups excluding tert-OH is 1. The van der Waals surface area contributed by atoms with Crippen molar-refractivity contribution >= 4 is 0 Å². The predicted molar refractivity (Wildman–Crippen MR) is 71.9 cm³/mol. The largest absolute Gasteiger partial charge is 0.396 e. The smallest absolute Gasteiger partial charge is 0.0431 e. The van der Waals surface area contributed by atoms with E-state index in [4.69, 9.17) is 5.11 Å². The summed E-state index contributed by atoms with van der Waals surface area (Å²) in [6.45, 7) is 0.290.